The van der Waals surface area contributed by atoms with Crippen LogP contribution >= 0.6 is 11.3 Å². The van der Waals surface area contributed by atoms with Gasteiger partial charge in [0.25, 0.3) is 0 Å². The second-order valence-electron chi connectivity index (χ2n) is 5.88. The van der Waals surface area contributed by atoms with Gasteiger partial charge in [-0.1, -0.05) is 6.92 Å². The average Bonchev–Trinajstić information content (AvgIpc) is 3.14. The van der Waals surface area contributed by atoms with E-state index < -0.39 is 0 Å². The van der Waals surface area contributed by atoms with Gasteiger partial charge in [-0.25, -0.2) is 5.43 Å². The van der Waals surface area contributed by atoms with Gasteiger partial charge < -0.3 is 0 Å². The first-order valence-electron chi connectivity index (χ1n) is 7.14. The molecular weight excluding hydrogens is 272 g/mol. The van der Waals surface area contributed by atoms with Crippen molar-refractivity contribution in [3.63, 3.8) is 0 Å². The number of hydrogen-bond donors (Lipinski definition) is 2. The second-order valence-corrected chi connectivity index (χ2v) is 6.97. The third-order valence-corrected chi connectivity index (χ3v) is 5.84. The summed E-state index contributed by atoms with van der Waals surface area (Å²) in [5.74, 6) is 1.69. The quantitative estimate of drug-likeness (QED) is 0.766. The van der Waals surface area contributed by atoms with Crippen molar-refractivity contribution in [2.45, 2.75) is 32.4 Å². The number of nitrogens with zero attached hydrogens (tertiary/aromatic N) is 4. The summed E-state index contributed by atoms with van der Waals surface area (Å²) in [5.41, 5.74) is 6.35. The third-order valence-electron chi connectivity index (χ3n) is 4.57. The van der Waals surface area contributed by atoms with E-state index >= 15 is 0 Å². The van der Waals surface area contributed by atoms with Crippen LogP contribution in [0.15, 0.2) is 6.33 Å². The van der Waals surface area contributed by atoms with Crippen LogP contribution < -0.4 is 15.8 Å². The number of nitrogens with one attached hydrogen (secondary N) is 2. The highest BCUT2D eigenvalue weighted by molar-refractivity contribution is 7.15. The Morgan fingerprint density at radius 2 is 2.40 bits per heavy atom. The standard InChI is InChI=1S/C13H16N6S/c1-7-2-3-8-9(4-7)20-12-10(8)11-14-5-16-19(11)13-17-15-6-18(12)13/h6-7,11,14,16H,2-5H2,1H3/t7-,11?/m1/s1. The SMILES string of the molecule is C[C@@H]1CCc2c(sc3c2C2NCNN2c2nncn2-3)C1. The minimum absolute atomic E-state index is 0.204. The average molecular weight is 288 g/mol. The van der Waals surface area contributed by atoms with Gasteiger partial charge in [0, 0.05) is 10.4 Å². The molecule has 0 saturated carbocycles. The summed E-state index contributed by atoms with van der Waals surface area (Å²) in [7, 11) is 0. The zero-order valence-corrected chi connectivity index (χ0v) is 12.1. The highest BCUT2D eigenvalue weighted by Gasteiger charge is 2.40. The molecule has 5 rings (SSSR count). The molecule has 2 aromatic rings. The van der Waals surface area contributed by atoms with Crippen LogP contribution in [0, 0.1) is 5.92 Å². The molecule has 3 aliphatic rings. The third kappa shape index (κ3) is 1.30. The number of anilines is 1. The predicted molar refractivity (Wildman–Crippen MR) is 76.8 cm³/mol. The molecule has 1 aliphatic carbocycles. The maximum atomic E-state index is 4.26. The first kappa shape index (κ1) is 11.2. The maximum Gasteiger partial charge on any atom is 0.248 e. The predicted octanol–water partition coefficient (Wildman–Crippen LogP) is 1.34. The van der Waals surface area contributed by atoms with E-state index in [2.05, 4.69) is 37.4 Å². The number of hydrazine groups is 1. The van der Waals surface area contributed by atoms with Crippen molar-refractivity contribution in [2.75, 3.05) is 11.7 Å². The molecule has 2 atom stereocenters. The lowest BCUT2D eigenvalue weighted by Crippen LogP contribution is -2.39. The largest absolute Gasteiger partial charge is 0.278 e. The molecule has 4 heterocycles. The Labute approximate surface area is 120 Å². The van der Waals surface area contributed by atoms with Crippen molar-refractivity contribution in [3.05, 3.63) is 22.3 Å². The summed E-state index contributed by atoms with van der Waals surface area (Å²) in [6, 6.07) is 0. The monoisotopic (exact) mass is 288 g/mol. The summed E-state index contributed by atoms with van der Waals surface area (Å²) >= 11 is 1.93. The smallest absolute Gasteiger partial charge is 0.248 e. The Bertz CT molecular complexity index is 689. The number of hydrogen-bond acceptors (Lipinski definition) is 6. The van der Waals surface area contributed by atoms with E-state index in [1.54, 1.807) is 10.4 Å². The van der Waals surface area contributed by atoms with Crippen LogP contribution in [0.5, 0.6) is 0 Å². The Morgan fingerprint density at radius 3 is 3.35 bits per heavy atom. The minimum atomic E-state index is 0.204. The van der Waals surface area contributed by atoms with Crippen molar-refractivity contribution in [2.24, 2.45) is 5.92 Å². The highest BCUT2D eigenvalue weighted by Crippen LogP contribution is 2.46. The van der Waals surface area contributed by atoms with E-state index in [1.165, 1.54) is 29.8 Å². The molecule has 0 radical (unpaired) electrons. The molecule has 0 spiro atoms. The van der Waals surface area contributed by atoms with Crippen molar-refractivity contribution in [1.29, 1.82) is 0 Å². The van der Waals surface area contributed by atoms with Gasteiger partial charge in [0.15, 0.2) is 0 Å². The Balaban J connectivity index is 1.77. The van der Waals surface area contributed by atoms with E-state index in [1.807, 2.05) is 17.7 Å². The van der Waals surface area contributed by atoms with Gasteiger partial charge in [-0.15, -0.1) is 21.5 Å². The number of rotatable bonds is 0. The molecule has 1 fully saturated rings. The summed E-state index contributed by atoms with van der Waals surface area (Å²) in [5, 5.41) is 15.3. The Kier molecular flexibility index (Phi) is 2.14. The Hall–Kier alpha value is -1.44. The van der Waals surface area contributed by atoms with Gasteiger partial charge in [0.1, 0.15) is 17.5 Å². The lowest BCUT2D eigenvalue weighted by Gasteiger charge is -2.30. The second kappa shape index (κ2) is 3.81. The van der Waals surface area contributed by atoms with Crippen molar-refractivity contribution in [1.82, 2.24) is 25.5 Å². The van der Waals surface area contributed by atoms with Crippen molar-refractivity contribution < 1.29 is 0 Å². The molecule has 1 unspecified atom stereocenters. The normalized spacial score (nSPS) is 26.9. The molecule has 0 aromatic carbocycles. The zero-order chi connectivity index (χ0) is 13.3. The van der Waals surface area contributed by atoms with Gasteiger partial charge in [-0.05, 0) is 30.7 Å². The fourth-order valence-corrected chi connectivity index (χ4v) is 5.09. The van der Waals surface area contributed by atoms with E-state index in [-0.39, 0.29) is 6.17 Å². The molecule has 104 valence electrons. The molecule has 0 bridgehead atoms. The summed E-state index contributed by atoms with van der Waals surface area (Å²) in [6.45, 7) is 3.13. The number of fused-ring (bicyclic) bond motifs is 8. The van der Waals surface area contributed by atoms with E-state index in [0.29, 0.717) is 0 Å². The molecule has 2 N–H and O–H groups in total. The summed E-state index contributed by atoms with van der Waals surface area (Å²) in [6.07, 6.45) is 5.74. The molecular formula is C13H16N6S. The molecule has 1 saturated heterocycles. The molecule has 0 amide bonds. The number of aromatic nitrogens is 3. The van der Waals surface area contributed by atoms with Crippen LogP contribution in [0.2, 0.25) is 0 Å². The van der Waals surface area contributed by atoms with E-state index in [0.717, 1.165) is 18.5 Å². The minimum Gasteiger partial charge on any atom is -0.278 e. The fraction of sp³-hybridized carbons (Fsp3) is 0.538. The van der Waals surface area contributed by atoms with Gasteiger partial charge in [0.05, 0.1) is 6.67 Å². The van der Waals surface area contributed by atoms with Gasteiger partial charge in [-0.3, -0.25) is 14.9 Å². The zero-order valence-electron chi connectivity index (χ0n) is 11.3. The fourth-order valence-electron chi connectivity index (χ4n) is 3.59. The topological polar surface area (TPSA) is 58.0 Å². The van der Waals surface area contributed by atoms with Crippen molar-refractivity contribution in [3.8, 4) is 5.00 Å². The molecule has 2 aliphatic heterocycles. The van der Waals surface area contributed by atoms with Crippen LogP contribution in [-0.4, -0.2) is 21.4 Å². The lowest BCUT2D eigenvalue weighted by atomic mass is 9.87. The first-order chi connectivity index (χ1) is 9.83. The maximum absolute atomic E-state index is 4.26. The van der Waals surface area contributed by atoms with Gasteiger partial charge in [0.2, 0.25) is 5.95 Å². The van der Waals surface area contributed by atoms with Crippen LogP contribution in [0.25, 0.3) is 5.00 Å². The summed E-state index contributed by atoms with van der Waals surface area (Å²) < 4.78 is 2.12. The van der Waals surface area contributed by atoms with Gasteiger partial charge in [-0.2, -0.15) is 0 Å². The Morgan fingerprint density at radius 1 is 1.45 bits per heavy atom. The highest BCUT2D eigenvalue weighted by atomic mass is 32.1. The van der Waals surface area contributed by atoms with Crippen LogP contribution in [0.1, 0.15) is 35.5 Å². The van der Waals surface area contributed by atoms with E-state index in [9.17, 15) is 0 Å². The molecule has 7 heteroatoms. The molecule has 2 aromatic heterocycles. The number of thiophene rings is 1. The molecule has 6 nitrogen and oxygen atoms in total. The van der Waals surface area contributed by atoms with Crippen LogP contribution in [0.4, 0.5) is 5.95 Å². The molecule has 20 heavy (non-hydrogen) atoms. The lowest BCUT2D eigenvalue weighted by molar-refractivity contribution is 0.499. The van der Waals surface area contributed by atoms with Gasteiger partial charge >= 0.3 is 0 Å². The van der Waals surface area contributed by atoms with E-state index in [4.69, 9.17) is 0 Å². The summed E-state index contributed by atoms with van der Waals surface area (Å²) in [4.78, 5) is 1.56. The van der Waals surface area contributed by atoms with Crippen LogP contribution in [-0.2, 0) is 12.8 Å². The van der Waals surface area contributed by atoms with Crippen molar-refractivity contribution >= 4 is 17.3 Å². The first-order valence-corrected chi connectivity index (χ1v) is 7.95. The van der Waals surface area contributed by atoms with Crippen LogP contribution in [0.3, 0.4) is 0 Å².